The molecular formula is C19H24N2O4. The van der Waals surface area contributed by atoms with Crippen molar-refractivity contribution in [1.82, 2.24) is 10.3 Å². The van der Waals surface area contributed by atoms with E-state index in [0.29, 0.717) is 18.1 Å². The van der Waals surface area contributed by atoms with Crippen molar-refractivity contribution in [2.75, 3.05) is 0 Å². The first-order valence-corrected chi connectivity index (χ1v) is 8.32. The number of ether oxygens (including phenoxy) is 1. The summed E-state index contributed by atoms with van der Waals surface area (Å²) in [5.74, 6) is 0.167. The van der Waals surface area contributed by atoms with Gasteiger partial charge in [0, 0.05) is 6.92 Å². The molecule has 1 aromatic heterocycles. The minimum atomic E-state index is -0.729. The number of nitrogens with one attached hydrogen (secondary N) is 1. The Balaban J connectivity index is 2.03. The van der Waals surface area contributed by atoms with Crippen molar-refractivity contribution in [3.05, 3.63) is 53.2 Å². The Morgan fingerprint density at radius 2 is 1.88 bits per heavy atom. The Bertz CT molecular complexity index is 722. The highest BCUT2D eigenvalue weighted by Gasteiger charge is 2.26. The molecule has 0 saturated heterocycles. The number of carbonyl (C=O) groups is 2. The van der Waals surface area contributed by atoms with Gasteiger partial charge in [0.1, 0.15) is 18.4 Å². The van der Waals surface area contributed by atoms with Gasteiger partial charge in [-0.3, -0.25) is 4.79 Å². The first kappa shape index (κ1) is 18.7. The molecule has 0 aliphatic carbocycles. The van der Waals surface area contributed by atoms with E-state index in [1.807, 2.05) is 44.2 Å². The summed E-state index contributed by atoms with van der Waals surface area (Å²) in [4.78, 5) is 28.9. The van der Waals surface area contributed by atoms with Crippen LogP contribution in [0.4, 0.5) is 0 Å². The summed E-state index contributed by atoms with van der Waals surface area (Å²) >= 11 is 0. The largest absolute Gasteiger partial charge is 0.459 e. The topological polar surface area (TPSA) is 81.4 Å². The third-order valence-electron chi connectivity index (χ3n) is 3.64. The highest BCUT2D eigenvalue weighted by atomic mass is 16.5. The van der Waals surface area contributed by atoms with Crippen molar-refractivity contribution in [2.45, 2.75) is 46.8 Å². The van der Waals surface area contributed by atoms with E-state index in [0.717, 1.165) is 5.56 Å². The lowest BCUT2D eigenvalue weighted by atomic mass is 10.0. The average molecular weight is 344 g/mol. The summed E-state index contributed by atoms with van der Waals surface area (Å²) in [7, 11) is 0. The molecule has 1 heterocycles. The van der Waals surface area contributed by atoms with E-state index in [9.17, 15) is 9.59 Å². The summed E-state index contributed by atoms with van der Waals surface area (Å²) in [6.45, 7) is 7.47. The zero-order valence-corrected chi connectivity index (χ0v) is 15.0. The number of hydrogen-bond donors (Lipinski definition) is 1. The van der Waals surface area contributed by atoms with Gasteiger partial charge in [0.15, 0.2) is 11.6 Å². The van der Waals surface area contributed by atoms with Crippen LogP contribution in [-0.2, 0) is 16.1 Å². The maximum Gasteiger partial charge on any atom is 0.328 e. The second-order valence-corrected chi connectivity index (χ2v) is 6.39. The molecule has 0 aliphatic rings. The van der Waals surface area contributed by atoms with Gasteiger partial charge < -0.3 is 14.5 Å². The molecule has 1 atom stereocenters. The normalized spacial score (nSPS) is 12.0. The van der Waals surface area contributed by atoms with Crippen molar-refractivity contribution in [2.24, 2.45) is 5.92 Å². The van der Waals surface area contributed by atoms with E-state index >= 15 is 0 Å². The maximum atomic E-state index is 12.4. The second kappa shape index (κ2) is 8.46. The SMILES string of the molecule is Cc1nc(C(=O)N[C@@H](CC(C)C)C(=O)OCc2ccccc2)c(C)o1. The van der Waals surface area contributed by atoms with Crippen molar-refractivity contribution in [3.63, 3.8) is 0 Å². The van der Waals surface area contributed by atoms with Crippen LogP contribution >= 0.6 is 0 Å². The van der Waals surface area contributed by atoms with Gasteiger partial charge in [-0.25, -0.2) is 9.78 Å². The molecule has 1 aromatic carbocycles. The number of benzene rings is 1. The zero-order valence-electron chi connectivity index (χ0n) is 15.0. The highest BCUT2D eigenvalue weighted by molar-refractivity contribution is 5.95. The number of esters is 1. The quantitative estimate of drug-likeness (QED) is 0.780. The number of aryl methyl sites for hydroxylation is 2. The highest BCUT2D eigenvalue weighted by Crippen LogP contribution is 2.12. The minimum absolute atomic E-state index is 0.173. The molecule has 1 N–H and O–H groups in total. The zero-order chi connectivity index (χ0) is 18.4. The molecule has 0 bridgehead atoms. The minimum Gasteiger partial charge on any atom is -0.459 e. The summed E-state index contributed by atoms with van der Waals surface area (Å²) in [6.07, 6.45) is 0.481. The van der Waals surface area contributed by atoms with E-state index in [2.05, 4.69) is 10.3 Å². The van der Waals surface area contributed by atoms with Crippen molar-refractivity contribution in [1.29, 1.82) is 0 Å². The van der Waals surface area contributed by atoms with Crippen LogP contribution in [0.2, 0.25) is 0 Å². The number of oxazole rings is 1. The van der Waals surface area contributed by atoms with Gasteiger partial charge in [-0.2, -0.15) is 0 Å². The van der Waals surface area contributed by atoms with Crippen LogP contribution < -0.4 is 5.32 Å². The number of amides is 1. The third kappa shape index (κ3) is 5.45. The lowest BCUT2D eigenvalue weighted by Crippen LogP contribution is -2.43. The summed E-state index contributed by atoms with van der Waals surface area (Å²) in [5, 5.41) is 2.72. The first-order chi connectivity index (χ1) is 11.9. The molecule has 134 valence electrons. The fraction of sp³-hybridized carbons (Fsp3) is 0.421. The molecular weight excluding hydrogens is 320 g/mol. The van der Waals surface area contributed by atoms with Gasteiger partial charge in [0.25, 0.3) is 5.91 Å². The van der Waals surface area contributed by atoms with Crippen LogP contribution in [-0.4, -0.2) is 22.9 Å². The fourth-order valence-electron chi connectivity index (χ4n) is 2.48. The van der Waals surface area contributed by atoms with Crippen LogP contribution in [0, 0.1) is 19.8 Å². The predicted octanol–water partition coefficient (Wildman–Crippen LogP) is 3.18. The number of hydrogen-bond acceptors (Lipinski definition) is 5. The summed E-state index contributed by atoms with van der Waals surface area (Å²) in [5.41, 5.74) is 1.09. The van der Waals surface area contributed by atoms with E-state index in [-0.39, 0.29) is 18.2 Å². The van der Waals surface area contributed by atoms with E-state index in [1.54, 1.807) is 13.8 Å². The van der Waals surface area contributed by atoms with Crippen LogP contribution in [0.5, 0.6) is 0 Å². The first-order valence-electron chi connectivity index (χ1n) is 8.32. The lowest BCUT2D eigenvalue weighted by Gasteiger charge is -2.19. The Kier molecular flexibility index (Phi) is 6.33. The Hall–Kier alpha value is -2.63. The standard InChI is InChI=1S/C19H24N2O4/c1-12(2)10-16(19(23)24-11-15-8-6-5-7-9-15)21-18(22)17-13(3)25-14(4)20-17/h5-9,12,16H,10-11H2,1-4H3,(H,21,22)/t16-/m0/s1. The van der Waals surface area contributed by atoms with Gasteiger partial charge in [-0.15, -0.1) is 0 Å². The Morgan fingerprint density at radius 3 is 2.44 bits per heavy atom. The van der Waals surface area contributed by atoms with Crippen LogP contribution in [0.15, 0.2) is 34.7 Å². The van der Waals surface area contributed by atoms with Crippen LogP contribution in [0.1, 0.15) is 48.0 Å². The monoisotopic (exact) mass is 344 g/mol. The van der Waals surface area contributed by atoms with Crippen LogP contribution in [0.3, 0.4) is 0 Å². The van der Waals surface area contributed by atoms with E-state index in [4.69, 9.17) is 9.15 Å². The molecule has 2 rings (SSSR count). The van der Waals surface area contributed by atoms with E-state index in [1.165, 1.54) is 0 Å². The van der Waals surface area contributed by atoms with Crippen molar-refractivity contribution < 1.29 is 18.7 Å². The molecule has 0 spiro atoms. The molecule has 0 unspecified atom stereocenters. The summed E-state index contributed by atoms with van der Waals surface area (Å²) in [6, 6.07) is 8.69. The second-order valence-electron chi connectivity index (χ2n) is 6.39. The third-order valence-corrected chi connectivity index (χ3v) is 3.64. The molecule has 0 saturated carbocycles. The summed E-state index contributed by atoms with van der Waals surface area (Å²) < 4.78 is 10.6. The lowest BCUT2D eigenvalue weighted by molar-refractivity contribution is -0.147. The fourth-order valence-corrected chi connectivity index (χ4v) is 2.48. The Morgan fingerprint density at radius 1 is 1.20 bits per heavy atom. The molecule has 0 fully saturated rings. The number of nitrogens with zero attached hydrogens (tertiary/aromatic N) is 1. The molecule has 25 heavy (non-hydrogen) atoms. The van der Waals surface area contributed by atoms with Gasteiger partial charge in [0.2, 0.25) is 0 Å². The maximum absolute atomic E-state index is 12.4. The smallest absolute Gasteiger partial charge is 0.328 e. The molecule has 6 nitrogen and oxygen atoms in total. The predicted molar refractivity (Wildman–Crippen MR) is 92.9 cm³/mol. The number of aromatic nitrogens is 1. The molecule has 0 aliphatic heterocycles. The molecule has 1 amide bonds. The van der Waals surface area contributed by atoms with E-state index < -0.39 is 17.9 Å². The van der Waals surface area contributed by atoms with Crippen LogP contribution in [0.25, 0.3) is 0 Å². The van der Waals surface area contributed by atoms with Gasteiger partial charge in [0.05, 0.1) is 0 Å². The van der Waals surface area contributed by atoms with Crippen molar-refractivity contribution >= 4 is 11.9 Å². The number of carbonyl (C=O) groups excluding carboxylic acids is 2. The average Bonchev–Trinajstić information content (AvgIpc) is 2.91. The van der Waals surface area contributed by atoms with Gasteiger partial charge in [-0.1, -0.05) is 44.2 Å². The molecule has 0 radical (unpaired) electrons. The molecule has 2 aromatic rings. The van der Waals surface area contributed by atoms with Gasteiger partial charge in [-0.05, 0) is 24.8 Å². The van der Waals surface area contributed by atoms with Crippen molar-refractivity contribution in [3.8, 4) is 0 Å². The molecule has 6 heteroatoms. The number of rotatable bonds is 7. The Labute approximate surface area is 147 Å². The van der Waals surface area contributed by atoms with Gasteiger partial charge >= 0.3 is 5.97 Å².